The maximum Gasteiger partial charge on any atom is 0.407 e. The second kappa shape index (κ2) is 43.0. The second-order valence-corrected chi connectivity index (χ2v) is 35.6. The van der Waals surface area contributed by atoms with E-state index in [0.29, 0.717) is 74.4 Å². The monoisotopic (exact) mass is 1790 g/mol. The Morgan fingerprint density at radius 2 is 1.39 bits per heavy atom. The molecule has 1 saturated heterocycles. The molecule has 5 heterocycles. The Balaban J connectivity index is 0.719. The number of carbonyl (C=O) groups excluding carboxylic acids is 10. The number of H-pyrrole nitrogens is 1. The fraction of sp³-hybridized carbons (Fsp3) is 0.523. The highest BCUT2D eigenvalue weighted by Gasteiger charge is 2.78. The normalized spacial score (nSPS) is 22.1. The van der Waals surface area contributed by atoms with Crippen LogP contribution in [0.25, 0.3) is 10.9 Å². The summed E-state index contributed by atoms with van der Waals surface area (Å²) in [5, 5.41) is 95.4. The zero-order valence-corrected chi connectivity index (χ0v) is 72.9. The average molecular weight is 1790 g/mol. The third-order valence-corrected chi connectivity index (χ3v) is 27.8. The number of fused-ring (bicyclic) bond motifs is 4. The standard InChI is InChI=1S/C88H114N12O24S2/c1-7-85(120,8-2)49-100-35-30-56-55-23-16-17-24-60(55)94-74(56)84(100,4)58-43-57-64(45-67(58)122-6)98(5)80-87(57)32-36-99-34-18-31-86(9-3,79(87)99)81(117)88(80,121)68(104)47-92-83(119)123-37-38-125-126-48-54(77(113)114)42-66(103)63(44-73(109)110)95-76(112)59(89)46-91-75(111)53(39-51-19-12-10-13-20-51)41-65(102)62(40-52-21-14-11-15-22-52)93-70(106)29-33-90-69(105)26-25-61(78(115)116)96-82(118)97-71(124-50-101)27-28-72(107)108/h10-24,31,43,45,50,53-54,59,61-63,71,79-81,94,117,120-121H,7-9,25-30,32-42,44,46-49,89H2,1-6H3,(H,90,105)(H,91,111)(H,92,119)(H,93,106)(H,95,112)(H,107,108)(H,109,110)(H,113,114)(H,115,116)(H2,96,97,118)/t53-,54?,59+,61+,62+,63+,71-,79+,80?,81-,84-,86-,87-,88+/m1/s1. The van der Waals surface area contributed by atoms with E-state index in [1.807, 2.05) is 56.0 Å². The Morgan fingerprint density at radius 1 is 0.714 bits per heavy atom. The third-order valence-electron chi connectivity index (χ3n) is 25.4. The van der Waals surface area contributed by atoms with Gasteiger partial charge in [0.1, 0.15) is 30.5 Å². The number of hydrogen-bond acceptors (Lipinski definition) is 26. The number of nitrogens with one attached hydrogen (secondary N) is 8. The number of alkyl carbamates (subject to hydrolysis) is 1. The molecule has 38 heteroatoms. The molecule has 4 aliphatic heterocycles. The molecule has 7 amide bonds. The van der Waals surface area contributed by atoms with Gasteiger partial charge in [-0.05, 0) is 99.2 Å². The number of carboxylic acid groups (broad SMARTS) is 4. The van der Waals surface area contributed by atoms with Crippen LogP contribution in [0.3, 0.4) is 0 Å². The molecule has 17 N–H and O–H groups in total. The van der Waals surface area contributed by atoms with Crippen LogP contribution in [0.2, 0.25) is 0 Å². The molecule has 1 aliphatic carbocycles. The number of aromatic amines is 1. The minimum atomic E-state index is -2.51. The first kappa shape index (κ1) is 97.2. The van der Waals surface area contributed by atoms with Gasteiger partial charge in [0.25, 0.3) is 6.47 Å². The number of Topliss-reactive ketones (excluding diaryl/α,β-unsaturated/α-hetero) is 3. The minimum absolute atomic E-state index is 0.0346. The van der Waals surface area contributed by atoms with Gasteiger partial charge < -0.3 is 103 Å². The summed E-state index contributed by atoms with van der Waals surface area (Å²) in [5.41, 5.74) is 6.34. The van der Waals surface area contributed by atoms with Crippen molar-refractivity contribution in [2.75, 3.05) is 83.0 Å². The number of aromatic nitrogens is 1. The number of amides is 7. The maximum absolute atomic E-state index is 15.3. The molecule has 4 aromatic carbocycles. The van der Waals surface area contributed by atoms with Gasteiger partial charge in [-0.2, -0.15) is 0 Å². The number of carboxylic acids is 4. The summed E-state index contributed by atoms with van der Waals surface area (Å²) in [6.07, 6.45) is -2.05. The number of ether oxygens (including phenoxy) is 3. The van der Waals surface area contributed by atoms with Gasteiger partial charge in [0, 0.05) is 140 Å². The number of nitrogens with zero attached hydrogens (tertiary/aromatic N) is 3. The molecule has 0 bridgehead atoms. The van der Waals surface area contributed by atoms with E-state index in [0.717, 1.165) is 61.3 Å². The third kappa shape index (κ3) is 22.0. The lowest BCUT2D eigenvalue weighted by Crippen LogP contribution is -2.81. The summed E-state index contributed by atoms with van der Waals surface area (Å²) in [6.45, 7) is 8.22. The van der Waals surface area contributed by atoms with E-state index in [-0.39, 0.29) is 56.8 Å². The average Bonchev–Trinajstić information content (AvgIpc) is 1.47. The van der Waals surface area contributed by atoms with Crippen LogP contribution in [0.1, 0.15) is 138 Å². The largest absolute Gasteiger partial charge is 0.496 e. The number of urea groups is 1. The lowest BCUT2D eigenvalue weighted by molar-refractivity contribution is -0.201. The molecule has 2 fully saturated rings. The van der Waals surface area contributed by atoms with E-state index in [1.165, 1.54) is 0 Å². The molecular formula is C88H114N12O24S2. The summed E-state index contributed by atoms with van der Waals surface area (Å²) in [4.78, 5) is 193. The number of ketones is 3. The first-order valence-electron chi connectivity index (χ1n) is 42.2. The number of likely N-dealkylation sites (N-methyl/N-ethyl adjacent to an activating group) is 1. The van der Waals surface area contributed by atoms with Crippen molar-refractivity contribution in [1.29, 1.82) is 0 Å². The molecule has 14 atom stereocenters. The number of aliphatic hydroxyl groups excluding tert-OH is 1. The van der Waals surface area contributed by atoms with E-state index in [1.54, 1.807) is 74.8 Å². The number of aliphatic hydroxyl groups is 3. The number of aliphatic carboxylic acids is 4. The van der Waals surface area contributed by atoms with Crippen molar-refractivity contribution in [2.45, 2.75) is 195 Å². The fourth-order valence-electron chi connectivity index (χ4n) is 18.7. The molecule has 5 aromatic rings. The first-order chi connectivity index (χ1) is 60.1. The summed E-state index contributed by atoms with van der Waals surface area (Å²) >= 11 is 0. The van der Waals surface area contributed by atoms with Crippen LogP contribution < -0.4 is 52.6 Å². The first-order valence-corrected chi connectivity index (χ1v) is 44.7. The number of β-amino-alcohol motifs (C(OH)–C–C–N with tert-alkyl or cyclic N) is 1. The van der Waals surface area contributed by atoms with Gasteiger partial charge in [-0.3, -0.25) is 62.5 Å². The van der Waals surface area contributed by atoms with Gasteiger partial charge in [-0.1, -0.05) is 133 Å². The number of para-hydroxylation sites is 1. The summed E-state index contributed by atoms with van der Waals surface area (Å²) in [7, 11) is 5.48. The zero-order chi connectivity index (χ0) is 91.6. The van der Waals surface area contributed by atoms with Crippen LogP contribution in [0, 0.1) is 17.3 Å². The Bertz CT molecular complexity index is 4850. The molecule has 10 rings (SSSR count). The Hall–Kier alpha value is -11.0. The van der Waals surface area contributed by atoms with Crippen LogP contribution in [0.4, 0.5) is 15.3 Å². The second-order valence-electron chi connectivity index (χ2n) is 33.0. The van der Waals surface area contributed by atoms with E-state index in [4.69, 9.17) is 20.3 Å². The Labute approximate surface area is 736 Å². The number of methoxy groups -OCH3 is 1. The van der Waals surface area contributed by atoms with Gasteiger partial charge in [-0.15, -0.1) is 0 Å². The van der Waals surface area contributed by atoms with Crippen molar-refractivity contribution < 1.29 is 117 Å². The van der Waals surface area contributed by atoms with E-state index < -0.39 is 217 Å². The maximum atomic E-state index is 15.3. The number of anilines is 1. The lowest BCUT2D eigenvalue weighted by atomic mass is 9.47. The van der Waals surface area contributed by atoms with Crippen molar-refractivity contribution >= 4 is 122 Å². The molecule has 2 unspecified atom stereocenters. The van der Waals surface area contributed by atoms with E-state index in [9.17, 15) is 93.0 Å². The number of rotatable bonds is 49. The topological polar surface area (TPSA) is 544 Å². The number of benzene rings is 4. The van der Waals surface area contributed by atoms with Crippen LogP contribution in [0.5, 0.6) is 5.75 Å². The smallest absolute Gasteiger partial charge is 0.407 e. The van der Waals surface area contributed by atoms with Crippen molar-refractivity contribution in [1.82, 2.24) is 52.0 Å². The number of carbonyl (C=O) groups is 14. The van der Waals surface area contributed by atoms with E-state index >= 15 is 4.79 Å². The quantitative estimate of drug-likeness (QED) is 0.00867. The molecule has 682 valence electrons. The summed E-state index contributed by atoms with van der Waals surface area (Å²) < 4.78 is 16.5. The number of nitrogens with two attached hydrogens (primary N) is 1. The van der Waals surface area contributed by atoms with Gasteiger partial charge in [0.2, 0.25) is 23.6 Å². The van der Waals surface area contributed by atoms with E-state index in [2.05, 4.69) is 81.9 Å². The SMILES string of the molecule is CCC(O)(CC)CN1CCc2c([nH]c3ccccc23)[C@@]1(C)c1cc2c(cc1OC)N(C)C1[C@]23CCN2CC=C[C@@](CC)([C@@H](O)[C@]1(O)C(=O)CNC(=O)OCCSSCC(CC(=O)[C@H](CC(=O)O)NC(=O)[C@@H](N)CNC(=O)[C@@H](CC(=O)[C@H](Cc1ccccc1)NC(=O)CCNC(=O)CC[C@H](NC(=O)N[C@@H](CCC(=O)O)OC=O)C(=O)O)Cc1ccccc1)C(=O)O)[C@H]23. The summed E-state index contributed by atoms with van der Waals surface area (Å²) in [5.74, 6) is -13.7. The van der Waals surface area contributed by atoms with Crippen molar-refractivity contribution in [3.05, 3.63) is 143 Å². The molecule has 1 saturated carbocycles. The Morgan fingerprint density at radius 3 is 2.04 bits per heavy atom. The van der Waals surface area contributed by atoms with Gasteiger partial charge in [-0.25, -0.2) is 14.4 Å². The van der Waals surface area contributed by atoms with Crippen LogP contribution in [-0.2, 0) is 97.2 Å². The van der Waals surface area contributed by atoms with Crippen LogP contribution >= 0.6 is 21.6 Å². The highest BCUT2D eigenvalue weighted by Crippen LogP contribution is 2.68. The van der Waals surface area contributed by atoms with Crippen molar-refractivity contribution in [3.8, 4) is 5.75 Å². The summed E-state index contributed by atoms with van der Waals surface area (Å²) in [6, 6.07) is 20.5. The van der Waals surface area contributed by atoms with Crippen LogP contribution in [-0.4, -0.2) is 272 Å². The van der Waals surface area contributed by atoms with Crippen molar-refractivity contribution in [3.63, 3.8) is 0 Å². The zero-order valence-electron chi connectivity index (χ0n) is 71.2. The molecule has 0 radical (unpaired) electrons. The minimum Gasteiger partial charge on any atom is -0.496 e. The van der Waals surface area contributed by atoms with Gasteiger partial charge in [0.05, 0.1) is 61.7 Å². The molecular weight excluding hydrogens is 1670 g/mol. The molecule has 5 aliphatic rings. The van der Waals surface area contributed by atoms with Crippen LogP contribution in [0.15, 0.2) is 109 Å². The predicted octanol–water partition coefficient (Wildman–Crippen LogP) is 3.74. The fourth-order valence-corrected chi connectivity index (χ4v) is 20.9. The lowest BCUT2D eigenvalue weighted by Gasteiger charge is -2.63. The molecule has 36 nitrogen and oxygen atoms in total. The number of hydrogen-bond donors (Lipinski definition) is 16. The van der Waals surface area contributed by atoms with Gasteiger partial charge in [0.15, 0.2) is 29.2 Å². The molecule has 1 aromatic heterocycles. The van der Waals surface area contributed by atoms with Crippen molar-refractivity contribution in [2.24, 2.45) is 23.0 Å². The predicted molar refractivity (Wildman–Crippen MR) is 464 cm³/mol. The van der Waals surface area contributed by atoms with Gasteiger partial charge >= 0.3 is 36.0 Å². The highest BCUT2D eigenvalue weighted by atomic mass is 33.1. The molecule has 1 spiro atoms. The molecule has 126 heavy (non-hydrogen) atoms. The Kier molecular flexibility index (Phi) is 33.2. The highest BCUT2D eigenvalue weighted by molar-refractivity contribution is 8.76.